The first-order chi connectivity index (χ1) is 20.8. The monoisotopic (exact) mass is 616 g/mol. The number of hydrogen-bond acceptors (Lipinski definition) is 5. The highest BCUT2D eigenvalue weighted by Gasteiger charge is 2.42. The highest BCUT2D eigenvalue weighted by molar-refractivity contribution is 5.98. The highest BCUT2D eigenvalue weighted by Crippen LogP contribution is 2.34. The fourth-order valence-electron chi connectivity index (χ4n) is 5.08. The van der Waals surface area contributed by atoms with Crippen molar-refractivity contribution in [1.82, 2.24) is 25.4 Å². The van der Waals surface area contributed by atoms with Crippen LogP contribution < -0.4 is 16.4 Å². The molecule has 0 bridgehead atoms. The van der Waals surface area contributed by atoms with Crippen LogP contribution in [0.1, 0.15) is 49.4 Å². The second-order valence-electron chi connectivity index (χ2n) is 9.93. The first-order valence-corrected chi connectivity index (χ1v) is 13.1. The number of carbonyl (C=O) groups is 3. The quantitative estimate of drug-likeness (QED) is 0.259. The zero-order valence-electron chi connectivity index (χ0n) is 22.5. The number of rotatable bonds is 8. The van der Waals surface area contributed by atoms with Crippen LogP contribution in [0.25, 0.3) is 11.1 Å². The lowest BCUT2D eigenvalue weighted by atomic mass is 9.94. The van der Waals surface area contributed by atoms with Gasteiger partial charge < -0.3 is 16.4 Å². The van der Waals surface area contributed by atoms with Crippen LogP contribution in [0.3, 0.4) is 0 Å². The Morgan fingerprint density at radius 3 is 2.48 bits per heavy atom. The van der Waals surface area contributed by atoms with Gasteiger partial charge in [-0.2, -0.15) is 18.3 Å². The van der Waals surface area contributed by atoms with E-state index in [-0.39, 0.29) is 41.9 Å². The molecule has 2 aromatic heterocycles. The predicted molar refractivity (Wildman–Crippen MR) is 142 cm³/mol. The third-order valence-electron chi connectivity index (χ3n) is 6.90. The van der Waals surface area contributed by atoms with Crippen molar-refractivity contribution in [3.63, 3.8) is 0 Å². The molecule has 1 unspecified atom stereocenters. The molecule has 4 N–H and O–H groups in total. The average molecular weight is 617 g/mol. The SMILES string of the molecule is NC(=O)c1cc(-c2cccnc2C(Cc2cc(F)cc(F)c2)NC(=O)Cn2nc(C(F)(F)F)c3c2CCNC3=O)ccc1F. The number of aromatic nitrogens is 3. The van der Waals surface area contributed by atoms with Crippen LogP contribution in [0.4, 0.5) is 26.3 Å². The van der Waals surface area contributed by atoms with E-state index in [4.69, 9.17) is 5.73 Å². The number of nitrogens with two attached hydrogens (primary N) is 1. The molecule has 0 radical (unpaired) electrons. The van der Waals surface area contributed by atoms with Crippen molar-refractivity contribution in [1.29, 1.82) is 0 Å². The summed E-state index contributed by atoms with van der Waals surface area (Å²) in [5.41, 5.74) is 3.49. The van der Waals surface area contributed by atoms with Crippen molar-refractivity contribution in [3.8, 4) is 11.1 Å². The van der Waals surface area contributed by atoms with E-state index in [0.29, 0.717) is 11.6 Å². The van der Waals surface area contributed by atoms with Crippen LogP contribution in [0.2, 0.25) is 0 Å². The molecule has 0 aliphatic carbocycles. The van der Waals surface area contributed by atoms with Gasteiger partial charge in [0.15, 0.2) is 5.69 Å². The van der Waals surface area contributed by atoms with E-state index in [0.717, 1.165) is 22.9 Å². The Hall–Kier alpha value is -5.21. The van der Waals surface area contributed by atoms with E-state index >= 15 is 0 Å². The predicted octanol–water partition coefficient (Wildman–Crippen LogP) is 3.87. The second kappa shape index (κ2) is 11.8. The molecule has 0 saturated carbocycles. The molecular formula is C29H22F6N6O3. The van der Waals surface area contributed by atoms with Crippen LogP contribution in [0.15, 0.2) is 54.7 Å². The summed E-state index contributed by atoms with van der Waals surface area (Å²) in [5, 5.41) is 8.48. The summed E-state index contributed by atoms with van der Waals surface area (Å²) in [6, 6.07) is 8.17. The van der Waals surface area contributed by atoms with Crippen LogP contribution in [-0.4, -0.2) is 39.0 Å². The van der Waals surface area contributed by atoms with Gasteiger partial charge in [-0.25, -0.2) is 13.2 Å². The zero-order valence-corrected chi connectivity index (χ0v) is 22.5. The molecule has 1 aliphatic rings. The first kappa shape index (κ1) is 30.3. The van der Waals surface area contributed by atoms with Crippen LogP contribution in [-0.2, 0) is 30.4 Å². The number of nitrogens with one attached hydrogen (secondary N) is 2. The summed E-state index contributed by atoms with van der Waals surface area (Å²) in [7, 11) is 0. The summed E-state index contributed by atoms with van der Waals surface area (Å²) in [6.07, 6.45) is -3.85. The average Bonchev–Trinajstić information content (AvgIpc) is 3.32. The van der Waals surface area contributed by atoms with Crippen LogP contribution >= 0.6 is 0 Å². The lowest BCUT2D eigenvalue weighted by molar-refractivity contribution is -0.142. The molecule has 0 fully saturated rings. The Bertz CT molecular complexity index is 1770. The zero-order chi connectivity index (χ0) is 31.8. The number of benzene rings is 2. The van der Waals surface area contributed by atoms with E-state index in [1.165, 1.54) is 24.4 Å². The van der Waals surface area contributed by atoms with Crippen molar-refractivity contribution in [2.45, 2.75) is 31.6 Å². The lowest BCUT2D eigenvalue weighted by Gasteiger charge is -2.22. The van der Waals surface area contributed by atoms with Crippen molar-refractivity contribution in [3.05, 3.63) is 106 Å². The molecule has 0 saturated heterocycles. The van der Waals surface area contributed by atoms with Crippen molar-refractivity contribution in [2.75, 3.05) is 6.54 Å². The minimum Gasteiger partial charge on any atom is -0.366 e. The lowest BCUT2D eigenvalue weighted by Crippen LogP contribution is -2.36. The molecule has 3 amide bonds. The number of alkyl halides is 3. The van der Waals surface area contributed by atoms with Gasteiger partial charge in [0.1, 0.15) is 24.0 Å². The van der Waals surface area contributed by atoms with Crippen molar-refractivity contribution < 1.29 is 40.7 Å². The molecule has 228 valence electrons. The largest absolute Gasteiger partial charge is 0.435 e. The third kappa shape index (κ3) is 6.26. The Labute approximate surface area is 245 Å². The number of hydrogen-bond donors (Lipinski definition) is 3. The normalized spacial score (nSPS) is 13.6. The second-order valence-corrected chi connectivity index (χ2v) is 9.93. The molecular weight excluding hydrogens is 594 g/mol. The van der Waals surface area contributed by atoms with Gasteiger partial charge in [-0.05, 0) is 47.9 Å². The van der Waals surface area contributed by atoms with Crippen LogP contribution in [0, 0.1) is 17.5 Å². The van der Waals surface area contributed by atoms with E-state index < -0.39 is 70.8 Å². The summed E-state index contributed by atoms with van der Waals surface area (Å²) < 4.78 is 84.1. The number of nitrogens with zero attached hydrogens (tertiary/aromatic N) is 3. The van der Waals surface area contributed by atoms with E-state index in [1.54, 1.807) is 6.07 Å². The van der Waals surface area contributed by atoms with E-state index in [1.807, 2.05) is 0 Å². The smallest absolute Gasteiger partial charge is 0.366 e. The molecule has 3 heterocycles. The molecule has 0 spiro atoms. The molecule has 44 heavy (non-hydrogen) atoms. The first-order valence-electron chi connectivity index (χ1n) is 13.1. The van der Waals surface area contributed by atoms with Gasteiger partial charge in [0, 0.05) is 30.8 Å². The van der Waals surface area contributed by atoms with Gasteiger partial charge in [0.2, 0.25) is 5.91 Å². The standard InChI is InChI=1S/C29H22F6N6O3/c30-16-8-14(9-17(31)12-16)10-21(25-18(2-1-6-37-25)15-3-4-20(32)19(11-15)27(36)43)39-23(42)13-41-22-5-7-38-28(44)24(22)26(40-41)29(33,34)35/h1-4,6,8-9,11-12,21H,5,7,10,13H2,(H2,36,43)(H,38,44)(H,39,42). The molecule has 1 aliphatic heterocycles. The molecule has 2 aromatic carbocycles. The number of carbonyl (C=O) groups excluding carboxylic acids is 3. The molecule has 9 nitrogen and oxygen atoms in total. The maximum absolute atomic E-state index is 14.2. The number of fused-ring (bicyclic) bond motifs is 1. The topological polar surface area (TPSA) is 132 Å². The summed E-state index contributed by atoms with van der Waals surface area (Å²) in [5.74, 6) is -5.52. The Kier molecular flexibility index (Phi) is 8.13. The Balaban J connectivity index is 1.54. The number of halogens is 6. The Morgan fingerprint density at radius 1 is 1.07 bits per heavy atom. The van der Waals surface area contributed by atoms with Gasteiger partial charge in [-0.1, -0.05) is 12.1 Å². The van der Waals surface area contributed by atoms with Gasteiger partial charge in [-0.15, -0.1) is 0 Å². The molecule has 4 aromatic rings. The third-order valence-corrected chi connectivity index (χ3v) is 6.90. The van der Waals surface area contributed by atoms with E-state index in [9.17, 15) is 40.7 Å². The molecule has 15 heteroatoms. The molecule has 1 atom stereocenters. The van der Waals surface area contributed by atoms with Gasteiger partial charge in [0.05, 0.1) is 28.6 Å². The minimum absolute atomic E-state index is 0.0133. The molecule has 5 rings (SSSR count). The van der Waals surface area contributed by atoms with Crippen LogP contribution in [0.5, 0.6) is 0 Å². The maximum atomic E-state index is 14.2. The summed E-state index contributed by atoms with van der Waals surface area (Å²) in [6.45, 7) is -0.698. The minimum atomic E-state index is -4.97. The van der Waals surface area contributed by atoms with Gasteiger partial charge in [0.25, 0.3) is 11.8 Å². The van der Waals surface area contributed by atoms with E-state index in [2.05, 4.69) is 20.7 Å². The fraction of sp³-hybridized carbons (Fsp3) is 0.207. The van der Waals surface area contributed by atoms with Crippen molar-refractivity contribution >= 4 is 17.7 Å². The fourth-order valence-corrected chi connectivity index (χ4v) is 5.08. The highest BCUT2D eigenvalue weighted by atomic mass is 19.4. The summed E-state index contributed by atoms with van der Waals surface area (Å²) >= 11 is 0. The maximum Gasteiger partial charge on any atom is 0.435 e. The Morgan fingerprint density at radius 2 is 1.80 bits per heavy atom. The summed E-state index contributed by atoms with van der Waals surface area (Å²) in [4.78, 5) is 41.7. The number of pyridine rings is 1. The van der Waals surface area contributed by atoms with Gasteiger partial charge >= 0.3 is 6.18 Å². The van der Waals surface area contributed by atoms with Crippen molar-refractivity contribution in [2.24, 2.45) is 5.73 Å². The van der Waals surface area contributed by atoms with Gasteiger partial charge in [-0.3, -0.25) is 24.0 Å². The number of amides is 3. The number of primary amides is 1.